The third-order valence-electron chi connectivity index (χ3n) is 3.68. The highest BCUT2D eigenvalue weighted by Gasteiger charge is 2.23. The first-order chi connectivity index (χ1) is 8.61. The maximum Gasteiger partial charge on any atom is 0.262 e. The molecule has 0 radical (unpaired) electrons. The van der Waals surface area contributed by atoms with E-state index in [1.165, 1.54) is 28.6 Å². The van der Waals surface area contributed by atoms with Crippen molar-refractivity contribution in [1.82, 2.24) is 9.55 Å². The molecule has 3 nitrogen and oxygen atoms in total. The molecular formula is C13H16N2OS2. The van der Waals surface area contributed by atoms with Crippen molar-refractivity contribution < 1.29 is 0 Å². The van der Waals surface area contributed by atoms with E-state index in [0.29, 0.717) is 0 Å². The van der Waals surface area contributed by atoms with Gasteiger partial charge in [0.15, 0.2) is 5.16 Å². The van der Waals surface area contributed by atoms with Crippen LogP contribution in [0.15, 0.2) is 9.95 Å². The van der Waals surface area contributed by atoms with Crippen LogP contribution in [0.1, 0.15) is 23.8 Å². The maximum absolute atomic E-state index is 12.4. The smallest absolute Gasteiger partial charge is 0.262 e. The second-order valence-corrected chi connectivity index (χ2v) is 6.85. The Balaban J connectivity index is 2.33. The van der Waals surface area contributed by atoms with Gasteiger partial charge in [-0.1, -0.05) is 18.7 Å². The van der Waals surface area contributed by atoms with E-state index in [2.05, 4.69) is 11.9 Å². The molecule has 1 aliphatic rings. The Morgan fingerprint density at radius 3 is 3.00 bits per heavy atom. The maximum atomic E-state index is 12.4. The molecule has 0 spiro atoms. The molecule has 1 aliphatic carbocycles. The van der Waals surface area contributed by atoms with E-state index < -0.39 is 0 Å². The van der Waals surface area contributed by atoms with Crippen molar-refractivity contribution in [3.8, 4) is 0 Å². The Morgan fingerprint density at radius 2 is 2.28 bits per heavy atom. The summed E-state index contributed by atoms with van der Waals surface area (Å²) in [5, 5.41) is 1.68. The van der Waals surface area contributed by atoms with Crippen LogP contribution in [0.25, 0.3) is 10.2 Å². The molecular weight excluding hydrogens is 264 g/mol. The van der Waals surface area contributed by atoms with E-state index in [0.717, 1.165) is 34.1 Å². The molecule has 0 amide bonds. The van der Waals surface area contributed by atoms with Crippen molar-refractivity contribution in [2.45, 2.75) is 31.3 Å². The van der Waals surface area contributed by atoms with E-state index >= 15 is 0 Å². The van der Waals surface area contributed by atoms with Gasteiger partial charge < -0.3 is 0 Å². The minimum atomic E-state index is 0.122. The van der Waals surface area contributed by atoms with Crippen LogP contribution in [0.3, 0.4) is 0 Å². The van der Waals surface area contributed by atoms with Gasteiger partial charge in [0, 0.05) is 11.9 Å². The second-order valence-electron chi connectivity index (χ2n) is 4.99. The second kappa shape index (κ2) is 4.38. The first-order valence-corrected chi connectivity index (χ1v) is 8.21. The molecule has 0 aromatic carbocycles. The monoisotopic (exact) mass is 280 g/mol. The van der Waals surface area contributed by atoms with Gasteiger partial charge in [0.2, 0.25) is 0 Å². The Labute approximate surface area is 114 Å². The number of hydrogen-bond donors (Lipinski definition) is 0. The zero-order chi connectivity index (χ0) is 12.9. The fraction of sp³-hybridized carbons (Fsp3) is 0.538. The number of rotatable bonds is 1. The Hall–Kier alpha value is -0.810. The van der Waals surface area contributed by atoms with E-state index in [9.17, 15) is 4.79 Å². The minimum Gasteiger partial charge on any atom is -0.290 e. The zero-order valence-electron chi connectivity index (χ0n) is 10.8. The number of hydrogen-bond acceptors (Lipinski definition) is 4. The van der Waals surface area contributed by atoms with E-state index in [4.69, 9.17) is 0 Å². The topological polar surface area (TPSA) is 34.9 Å². The van der Waals surface area contributed by atoms with Gasteiger partial charge in [-0.05, 0) is 37.0 Å². The van der Waals surface area contributed by atoms with Gasteiger partial charge in [-0.15, -0.1) is 11.3 Å². The normalized spacial score (nSPS) is 19.2. The standard InChI is InChI=1S/C13H16N2OS2/c1-7-4-5-8-9(6-7)18-11-10(8)12(16)15(2)13(14-11)17-3/h7H,4-6H2,1-3H3/t7-/m1/s1. The summed E-state index contributed by atoms with van der Waals surface area (Å²) in [5.41, 5.74) is 1.39. The lowest BCUT2D eigenvalue weighted by atomic mass is 9.89. The first kappa shape index (κ1) is 12.2. The Kier molecular flexibility index (Phi) is 2.98. The number of thioether (sulfide) groups is 1. The summed E-state index contributed by atoms with van der Waals surface area (Å²) in [7, 11) is 1.82. The van der Waals surface area contributed by atoms with Gasteiger partial charge in [0.05, 0.1) is 5.39 Å². The highest BCUT2D eigenvalue weighted by molar-refractivity contribution is 7.98. The highest BCUT2D eigenvalue weighted by Crippen LogP contribution is 2.36. The van der Waals surface area contributed by atoms with Crippen LogP contribution in [0.2, 0.25) is 0 Å². The lowest BCUT2D eigenvalue weighted by molar-refractivity contribution is 0.509. The number of aryl methyl sites for hydroxylation is 1. The average molecular weight is 280 g/mol. The van der Waals surface area contributed by atoms with Crippen LogP contribution in [-0.2, 0) is 19.9 Å². The average Bonchev–Trinajstić information content (AvgIpc) is 2.70. The van der Waals surface area contributed by atoms with Crippen LogP contribution < -0.4 is 5.56 Å². The molecule has 96 valence electrons. The van der Waals surface area contributed by atoms with E-state index in [1.807, 2.05) is 13.3 Å². The molecule has 2 aromatic rings. The van der Waals surface area contributed by atoms with Crippen molar-refractivity contribution in [3.63, 3.8) is 0 Å². The molecule has 2 heterocycles. The molecule has 0 unspecified atom stereocenters. The Bertz CT molecular complexity index is 672. The first-order valence-electron chi connectivity index (χ1n) is 6.17. The summed E-state index contributed by atoms with van der Waals surface area (Å²) in [4.78, 5) is 19.4. The van der Waals surface area contributed by atoms with Gasteiger partial charge in [0.1, 0.15) is 4.83 Å². The number of thiophene rings is 1. The number of aromatic nitrogens is 2. The zero-order valence-corrected chi connectivity index (χ0v) is 12.5. The quantitative estimate of drug-likeness (QED) is 0.595. The SMILES string of the molecule is CSc1nc2sc3c(c2c(=O)n1C)CC[C@@H](C)C3. The number of nitrogens with zero attached hydrogens (tertiary/aromatic N) is 2. The van der Waals surface area contributed by atoms with Gasteiger partial charge in [-0.2, -0.15) is 0 Å². The van der Waals surface area contributed by atoms with Crippen LogP contribution >= 0.6 is 23.1 Å². The number of fused-ring (bicyclic) bond motifs is 3. The third kappa shape index (κ3) is 1.72. The summed E-state index contributed by atoms with van der Waals surface area (Å²) in [6, 6.07) is 0. The van der Waals surface area contributed by atoms with Crippen molar-refractivity contribution >= 4 is 33.3 Å². The summed E-state index contributed by atoms with van der Waals surface area (Å²) < 4.78 is 1.68. The molecule has 0 saturated carbocycles. The van der Waals surface area contributed by atoms with Crippen molar-refractivity contribution in [1.29, 1.82) is 0 Å². The van der Waals surface area contributed by atoms with Crippen molar-refractivity contribution in [2.24, 2.45) is 13.0 Å². The summed E-state index contributed by atoms with van der Waals surface area (Å²) in [6.07, 6.45) is 5.29. The minimum absolute atomic E-state index is 0.122. The lowest BCUT2D eigenvalue weighted by Crippen LogP contribution is -2.20. The highest BCUT2D eigenvalue weighted by atomic mass is 32.2. The lowest BCUT2D eigenvalue weighted by Gasteiger charge is -2.17. The van der Waals surface area contributed by atoms with Gasteiger partial charge in [-0.3, -0.25) is 9.36 Å². The van der Waals surface area contributed by atoms with Crippen LogP contribution in [0.4, 0.5) is 0 Å². The molecule has 1 atom stereocenters. The summed E-state index contributed by atoms with van der Waals surface area (Å²) in [6.45, 7) is 2.28. The van der Waals surface area contributed by atoms with Crippen LogP contribution in [0.5, 0.6) is 0 Å². The molecule has 18 heavy (non-hydrogen) atoms. The molecule has 0 aliphatic heterocycles. The largest absolute Gasteiger partial charge is 0.290 e. The van der Waals surface area contributed by atoms with Gasteiger partial charge in [-0.25, -0.2) is 4.98 Å². The third-order valence-corrected chi connectivity index (χ3v) is 5.56. The molecule has 2 aromatic heterocycles. The fourth-order valence-electron chi connectivity index (χ4n) is 2.63. The van der Waals surface area contributed by atoms with Crippen LogP contribution in [0, 0.1) is 5.92 Å². The Morgan fingerprint density at radius 1 is 1.50 bits per heavy atom. The summed E-state index contributed by atoms with van der Waals surface area (Å²) >= 11 is 3.25. The van der Waals surface area contributed by atoms with E-state index in [1.54, 1.807) is 15.9 Å². The fourth-order valence-corrected chi connectivity index (χ4v) is 4.61. The van der Waals surface area contributed by atoms with Gasteiger partial charge >= 0.3 is 0 Å². The molecule has 0 saturated heterocycles. The van der Waals surface area contributed by atoms with Crippen molar-refractivity contribution in [3.05, 3.63) is 20.8 Å². The van der Waals surface area contributed by atoms with Gasteiger partial charge in [0.25, 0.3) is 5.56 Å². The molecule has 5 heteroatoms. The molecule has 0 bridgehead atoms. The molecule has 0 fully saturated rings. The molecule has 3 rings (SSSR count). The summed E-state index contributed by atoms with van der Waals surface area (Å²) in [5.74, 6) is 0.731. The van der Waals surface area contributed by atoms with E-state index in [-0.39, 0.29) is 5.56 Å². The predicted octanol–water partition coefficient (Wildman–Crippen LogP) is 2.84. The predicted molar refractivity (Wildman–Crippen MR) is 77.8 cm³/mol. The molecule has 0 N–H and O–H groups in total. The van der Waals surface area contributed by atoms with Crippen LogP contribution in [-0.4, -0.2) is 15.8 Å². The van der Waals surface area contributed by atoms with Crippen molar-refractivity contribution in [2.75, 3.05) is 6.26 Å².